The van der Waals surface area contributed by atoms with E-state index in [-0.39, 0.29) is 11.8 Å². The number of fused-ring (bicyclic) bond motifs is 3. The summed E-state index contributed by atoms with van der Waals surface area (Å²) in [6, 6.07) is 6.02. The first kappa shape index (κ1) is 77.4. The lowest BCUT2D eigenvalue weighted by Crippen LogP contribution is -2.45. The Labute approximate surface area is 655 Å². The summed E-state index contributed by atoms with van der Waals surface area (Å²) < 4.78 is 7.00. The normalized spacial score (nSPS) is 22.8. The molecule has 0 bridgehead atoms. The van der Waals surface area contributed by atoms with Gasteiger partial charge >= 0.3 is 0 Å². The Kier molecular flexibility index (Phi) is 24.1. The second-order valence-electron chi connectivity index (χ2n) is 32.1. The molecule has 6 atom stereocenters. The smallest absolute Gasteiger partial charge is 0.229 e. The number of aryl methyl sites for hydroxylation is 9. The van der Waals surface area contributed by atoms with Gasteiger partial charge in [-0.05, 0) is 177 Å². The van der Waals surface area contributed by atoms with Crippen molar-refractivity contribution in [1.82, 2.24) is 99.1 Å². The molecule has 2 amide bonds. The fraction of sp³-hybridized carbons (Fsp3) is 0.557. The number of carbonyl (C=O) groups is 2. The quantitative estimate of drug-likeness (QED) is 0.0363. The maximum Gasteiger partial charge on any atom is 0.229 e. The van der Waals surface area contributed by atoms with Crippen molar-refractivity contribution in [3.63, 3.8) is 0 Å². The Morgan fingerprint density at radius 2 is 0.892 bits per heavy atom. The van der Waals surface area contributed by atoms with E-state index in [1.807, 2.05) is 122 Å². The average Bonchev–Trinajstić information content (AvgIpc) is 1.24. The van der Waals surface area contributed by atoms with Gasteiger partial charge in [0.15, 0.2) is 5.82 Å². The third-order valence-electron chi connectivity index (χ3n) is 23.7. The van der Waals surface area contributed by atoms with E-state index in [4.69, 9.17) is 16.6 Å². The first-order valence-electron chi connectivity index (χ1n) is 39.7. The number of hydrogen-bond acceptors (Lipinski definition) is 25. The lowest BCUT2D eigenvalue weighted by Gasteiger charge is -2.46. The van der Waals surface area contributed by atoms with E-state index >= 15 is 0 Å². The zero-order valence-electron chi connectivity index (χ0n) is 66.1. The molecule has 9 aromatic rings. The van der Waals surface area contributed by atoms with Gasteiger partial charge in [0.25, 0.3) is 0 Å². The Morgan fingerprint density at radius 3 is 1.32 bits per heavy atom. The Morgan fingerprint density at radius 1 is 0.468 bits per heavy atom. The zero-order valence-corrected chi connectivity index (χ0v) is 66.8. The molecule has 0 aromatic carbocycles. The van der Waals surface area contributed by atoms with E-state index in [0.29, 0.717) is 101 Å². The molecule has 0 radical (unpaired) electrons. The first-order valence-corrected chi connectivity index (χ1v) is 40.0. The Bertz CT molecular complexity index is 4590. The fourth-order valence-electron chi connectivity index (χ4n) is 17.6. The summed E-state index contributed by atoms with van der Waals surface area (Å²) in [4.78, 5) is 71.1. The van der Waals surface area contributed by atoms with Crippen LogP contribution in [-0.4, -0.2) is 182 Å². The van der Waals surface area contributed by atoms with Crippen molar-refractivity contribution in [1.29, 1.82) is 0 Å². The molecule has 4 aliphatic carbocycles. The number of hydrogen-bond donors (Lipinski definition) is 9. The van der Waals surface area contributed by atoms with Crippen LogP contribution in [-0.2, 0) is 37.8 Å². The average molecular weight is 1530 g/mol. The largest absolute Gasteiger partial charge is 0.367 e. The monoisotopic (exact) mass is 1530 g/mol. The zero-order chi connectivity index (χ0) is 77.5. The van der Waals surface area contributed by atoms with Crippen LogP contribution in [0.5, 0.6) is 0 Å². The van der Waals surface area contributed by atoms with Gasteiger partial charge in [-0.25, -0.2) is 24.9 Å². The van der Waals surface area contributed by atoms with Crippen LogP contribution >= 0.6 is 11.6 Å². The second-order valence-corrected chi connectivity index (χ2v) is 32.5. The van der Waals surface area contributed by atoms with Crippen molar-refractivity contribution in [2.24, 2.45) is 69.1 Å². The number of aromatic nitrogens is 17. The summed E-state index contributed by atoms with van der Waals surface area (Å²) in [6.45, 7) is 22.2. The summed E-state index contributed by atoms with van der Waals surface area (Å²) in [5.74, 6) is 11.6. The van der Waals surface area contributed by atoms with Gasteiger partial charge in [0.1, 0.15) is 28.3 Å². The van der Waals surface area contributed by atoms with Gasteiger partial charge in [0.05, 0.1) is 53.2 Å². The maximum atomic E-state index is 12.0. The number of anilines is 13. The van der Waals surface area contributed by atoms with Crippen LogP contribution < -0.4 is 52.8 Å². The second kappa shape index (κ2) is 34.5. The molecule has 8 fully saturated rings. The molecular weight excluding hydrogens is 1420 g/mol. The molecule has 4 aliphatic heterocycles. The Balaban J connectivity index is 0.000000124. The topological polar surface area (TPSA) is 339 Å². The highest BCUT2D eigenvalue weighted by Crippen LogP contribution is 2.47. The van der Waals surface area contributed by atoms with Crippen molar-refractivity contribution in [3.8, 4) is 0 Å². The molecule has 13 heterocycles. The standard InChI is InChI=1S/C22H32ClN7O.C22H28N8.C19H27N7O.C16H23N7/c1-4-19(31)30-11-9-22(10-12-30)7-5-16(6-8-22)25-20-17(23)13-24-21(27-20)26-18-14-29(3)28-15(18)2;1-14-4-5-20(23-8-14)30-11-16-6-18(7-17(16)12-30)26-21-15(2)9-24-22(28-21)27-19-10-25-29(3)13-19;1-4-17(27)26-9-13-5-15(6-14(13)10-26)22-18-12(2)7-20-19(24-18)23-16-8-21-25(3)11-16;1-10-5-18-16(21-14-8-19-23(2)9-14)22-15(10)20-13-3-11-6-17-7-12(11)4-13/h13-14,16H,4-12H2,1-3H3,(H2,24,25,26,27);4-5,8-10,13,16-18H,6-7,11-12H2,1-3H3,(H2,24,26,27,28);7-8,11,13-15H,4-6,9-10H2,1-3H3,(H2,20,22,23,24);5,8-9,11-13,17H,3-4,6-7H2,1-2H3,(H2,18,20,21,22). The number of halogens is 1. The number of rotatable bonds is 19. The molecule has 17 rings (SSSR count). The van der Waals surface area contributed by atoms with E-state index in [1.54, 1.807) is 43.5 Å². The molecule has 4 saturated heterocycles. The van der Waals surface area contributed by atoms with Crippen LogP contribution in [0.2, 0.25) is 5.02 Å². The van der Waals surface area contributed by atoms with Crippen LogP contribution in [0.3, 0.4) is 0 Å². The number of likely N-dealkylation sites (tertiary alicyclic amines) is 2. The van der Waals surface area contributed by atoms with Gasteiger partial charge in [-0.3, -0.25) is 28.3 Å². The molecule has 6 unspecified atom stereocenters. The summed E-state index contributed by atoms with van der Waals surface area (Å²) in [6.07, 6.45) is 37.0. The highest BCUT2D eigenvalue weighted by Gasteiger charge is 2.44. The predicted octanol–water partition coefficient (Wildman–Crippen LogP) is 11.6. The lowest BCUT2D eigenvalue weighted by atomic mass is 9.67. The molecule has 4 saturated carbocycles. The predicted molar refractivity (Wildman–Crippen MR) is 434 cm³/mol. The minimum absolute atomic E-state index is 0.284. The van der Waals surface area contributed by atoms with Crippen LogP contribution in [0, 0.1) is 75.5 Å². The van der Waals surface area contributed by atoms with E-state index < -0.39 is 0 Å². The Hall–Kier alpha value is -10.3. The van der Waals surface area contributed by atoms with Gasteiger partial charge in [-0.15, -0.1) is 0 Å². The van der Waals surface area contributed by atoms with E-state index in [2.05, 4.69) is 139 Å². The minimum atomic E-state index is 0.284. The molecule has 32 heteroatoms. The van der Waals surface area contributed by atoms with Gasteiger partial charge in [0.2, 0.25) is 35.6 Å². The first-order chi connectivity index (χ1) is 53.6. The van der Waals surface area contributed by atoms with Crippen molar-refractivity contribution < 1.29 is 9.59 Å². The van der Waals surface area contributed by atoms with Gasteiger partial charge in [0, 0.05) is 171 Å². The highest BCUT2D eigenvalue weighted by atomic mass is 35.5. The van der Waals surface area contributed by atoms with Crippen LogP contribution in [0.4, 0.5) is 75.6 Å². The van der Waals surface area contributed by atoms with Crippen LogP contribution in [0.25, 0.3) is 0 Å². The van der Waals surface area contributed by atoms with Crippen LogP contribution in [0.15, 0.2) is 86.5 Å². The van der Waals surface area contributed by atoms with Crippen LogP contribution in [0.1, 0.15) is 132 Å². The van der Waals surface area contributed by atoms with Crippen molar-refractivity contribution in [2.75, 3.05) is 99.8 Å². The summed E-state index contributed by atoms with van der Waals surface area (Å²) in [5.41, 5.74) is 9.18. The third-order valence-corrected chi connectivity index (χ3v) is 24.0. The molecule has 9 aromatic heterocycles. The van der Waals surface area contributed by atoms with E-state index in [1.165, 1.54) is 57.2 Å². The van der Waals surface area contributed by atoms with Crippen molar-refractivity contribution in [2.45, 2.75) is 163 Å². The number of nitrogens with zero attached hydrogens (tertiary/aromatic N) is 20. The van der Waals surface area contributed by atoms with Crippen molar-refractivity contribution in [3.05, 3.63) is 119 Å². The summed E-state index contributed by atoms with van der Waals surface area (Å²) >= 11 is 6.39. The minimum Gasteiger partial charge on any atom is -0.367 e. The molecule has 111 heavy (non-hydrogen) atoms. The van der Waals surface area contributed by atoms with Crippen molar-refractivity contribution >= 4 is 99.0 Å². The van der Waals surface area contributed by atoms with Gasteiger partial charge in [-0.1, -0.05) is 31.5 Å². The molecule has 8 aliphatic rings. The van der Waals surface area contributed by atoms with E-state index in [0.717, 1.165) is 158 Å². The molecule has 590 valence electrons. The number of carbonyl (C=O) groups excluding carboxylic acids is 2. The number of piperidine rings is 1. The highest BCUT2D eigenvalue weighted by molar-refractivity contribution is 6.32. The summed E-state index contributed by atoms with van der Waals surface area (Å²) in [7, 11) is 7.54. The SMILES string of the molecule is CCC(=O)N1CC2CC(Nc3nc(Nc4cnn(C)c4)ncc3C)CC2C1.CCC(=O)N1CCC2(CCC(Nc3nc(Nc4cn(C)nc4C)ncc3Cl)CC2)CC1.Cc1ccc(N2CC3CC(Nc4nc(Nc5cnn(C)c5)ncc4C)CC3C2)nc1.Cc1cnc(Nc2cnn(C)c2)nc1NC1CC2CNCC2C1. The van der Waals surface area contributed by atoms with E-state index in [9.17, 15) is 9.59 Å². The molecule has 1 spiro atoms. The van der Waals surface area contributed by atoms with Gasteiger partial charge < -0.3 is 62.6 Å². The van der Waals surface area contributed by atoms with Gasteiger partial charge in [-0.2, -0.15) is 40.3 Å². The number of pyridine rings is 1. The fourth-order valence-corrected chi connectivity index (χ4v) is 17.8. The molecular formula is C79H110ClN29O2. The molecule has 9 N–H and O–H groups in total. The molecule has 31 nitrogen and oxygen atoms in total. The number of nitrogens with one attached hydrogen (secondary N) is 9. The number of amides is 2. The maximum absolute atomic E-state index is 12.0. The third kappa shape index (κ3) is 19.5. The summed E-state index contributed by atoms with van der Waals surface area (Å²) in [5, 5.41) is 48.1. The lowest BCUT2D eigenvalue weighted by molar-refractivity contribution is -0.133.